The molecule has 0 saturated heterocycles. The second-order valence-corrected chi connectivity index (χ2v) is 4.48. The summed E-state index contributed by atoms with van der Waals surface area (Å²) in [4.78, 5) is 32.8. The predicted octanol–water partition coefficient (Wildman–Crippen LogP) is 2.23. The molecule has 1 aromatic rings. The van der Waals surface area contributed by atoms with E-state index in [-0.39, 0.29) is 17.0 Å². The van der Waals surface area contributed by atoms with Crippen molar-refractivity contribution in [3.8, 4) is 0 Å². The van der Waals surface area contributed by atoms with Gasteiger partial charge in [0.05, 0.1) is 4.92 Å². The van der Waals surface area contributed by atoms with Gasteiger partial charge in [0.25, 0.3) is 11.6 Å². The number of nitrogens with zero attached hydrogens (tertiary/aromatic N) is 1. The zero-order chi connectivity index (χ0) is 15.3. The van der Waals surface area contributed by atoms with Gasteiger partial charge in [0.2, 0.25) is 0 Å². The molecule has 0 aliphatic rings. The van der Waals surface area contributed by atoms with Gasteiger partial charge >= 0.3 is 5.97 Å². The van der Waals surface area contributed by atoms with Crippen molar-refractivity contribution in [2.24, 2.45) is 0 Å². The van der Waals surface area contributed by atoms with E-state index in [9.17, 15) is 19.7 Å². The van der Waals surface area contributed by atoms with E-state index in [2.05, 4.69) is 5.32 Å². The number of halogens is 1. The second kappa shape index (κ2) is 6.85. The standard InChI is InChI=1S/C12H13ClN2O5/c1-2-3-9(12(17)18)14-11(16)7-4-5-8(13)10(6-7)15(19)20/h4-6,9H,2-3H2,1H3,(H,14,16)(H,17,18). The molecule has 0 saturated carbocycles. The lowest BCUT2D eigenvalue weighted by Crippen LogP contribution is -2.40. The minimum atomic E-state index is -1.15. The molecule has 1 amide bonds. The summed E-state index contributed by atoms with van der Waals surface area (Å²) in [5.41, 5.74) is -0.412. The van der Waals surface area contributed by atoms with Crippen LogP contribution in [0.3, 0.4) is 0 Å². The van der Waals surface area contributed by atoms with E-state index in [1.807, 2.05) is 0 Å². The highest BCUT2D eigenvalue weighted by molar-refractivity contribution is 6.32. The number of carboxylic acid groups (broad SMARTS) is 1. The van der Waals surface area contributed by atoms with Crippen LogP contribution in [-0.2, 0) is 4.79 Å². The van der Waals surface area contributed by atoms with Crippen LogP contribution in [0.25, 0.3) is 0 Å². The first-order valence-corrected chi connectivity index (χ1v) is 6.22. The average Bonchev–Trinajstić information content (AvgIpc) is 2.38. The Labute approximate surface area is 119 Å². The van der Waals surface area contributed by atoms with Gasteiger partial charge in [-0.1, -0.05) is 24.9 Å². The summed E-state index contributed by atoms with van der Waals surface area (Å²) in [6, 6.07) is 2.52. The van der Waals surface area contributed by atoms with Gasteiger partial charge < -0.3 is 10.4 Å². The zero-order valence-corrected chi connectivity index (χ0v) is 11.4. The van der Waals surface area contributed by atoms with E-state index in [1.165, 1.54) is 12.1 Å². The van der Waals surface area contributed by atoms with E-state index in [4.69, 9.17) is 16.7 Å². The molecule has 8 heteroatoms. The molecule has 108 valence electrons. The number of rotatable bonds is 6. The summed E-state index contributed by atoms with van der Waals surface area (Å²) < 4.78 is 0. The molecule has 0 aliphatic carbocycles. The molecule has 1 unspecified atom stereocenters. The monoisotopic (exact) mass is 300 g/mol. The summed E-state index contributed by atoms with van der Waals surface area (Å²) in [7, 11) is 0. The lowest BCUT2D eigenvalue weighted by Gasteiger charge is -2.13. The lowest BCUT2D eigenvalue weighted by molar-refractivity contribution is -0.384. The van der Waals surface area contributed by atoms with E-state index in [1.54, 1.807) is 6.92 Å². The van der Waals surface area contributed by atoms with Gasteiger partial charge in [-0.05, 0) is 18.6 Å². The zero-order valence-electron chi connectivity index (χ0n) is 10.6. The predicted molar refractivity (Wildman–Crippen MR) is 71.9 cm³/mol. The molecule has 0 fully saturated rings. The summed E-state index contributed by atoms with van der Waals surface area (Å²) in [6.45, 7) is 1.79. The molecular weight excluding hydrogens is 288 g/mol. The number of nitro benzene ring substituents is 1. The van der Waals surface area contributed by atoms with E-state index >= 15 is 0 Å². The van der Waals surface area contributed by atoms with Crippen molar-refractivity contribution < 1.29 is 19.6 Å². The van der Waals surface area contributed by atoms with E-state index in [0.29, 0.717) is 6.42 Å². The third-order valence-electron chi connectivity index (χ3n) is 2.59. The van der Waals surface area contributed by atoms with Crippen molar-refractivity contribution in [2.45, 2.75) is 25.8 Å². The van der Waals surface area contributed by atoms with Gasteiger partial charge in [0.15, 0.2) is 0 Å². The number of carboxylic acids is 1. The quantitative estimate of drug-likeness (QED) is 0.618. The molecule has 0 radical (unpaired) electrons. The highest BCUT2D eigenvalue weighted by Crippen LogP contribution is 2.25. The highest BCUT2D eigenvalue weighted by atomic mass is 35.5. The van der Waals surface area contributed by atoms with Crippen LogP contribution in [-0.4, -0.2) is 27.9 Å². The van der Waals surface area contributed by atoms with Crippen molar-refractivity contribution in [3.05, 3.63) is 38.9 Å². The fourth-order valence-electron chi connectivity index (χ4n) is 1.58. The highest BCUT2D eigenvalue weighted by Gasteiger charge is 2.21. The van der Waals surface area contributed by atoms with Crippen LogP contribution in [0.15, 0.2) is 18.2 Å². The van der Waals surface area contributed by atoms with Crippen LogP contribution in [0.4, 0.5) is 5.69 Å². The number of nitrogens with one attached hydrogen (secondary N) is 1. The maximum Gasteiger partial charge on any atom is 0.326 e. The van der Waals surface area contributed by atoms with Crippen LogP contribution in [0, 0.1) is 10.1 Å². The van der Waals surface area contributed by atoms with Gasteiger partial charge in [-0.3, -0.25) is 14.9 Å². The van der Waals surface area contributed by atoms with Crippen molar-refractivity contribution >= 4 is 29.2 Å². The lowest BCUT2D eigenvalue weighted by atomic mass is 10.1. The van der Waals surface area contributed by atoms with E-state index in [0.717, 1.165) is 6.07 Å². The maximum absolute atomic E-state index is 11.9. The normalized spacial score (nSPS) is 11.7. The molecule has 1 atom stereocenters. The first-order chi connectivity index (χ1) is 9.36. The number of carbonyl (C=O) groups is 2. The fraction of sp³-hybridized carbons (Fsp3) is 0.333. The minimum Gasteiger partial charge on any atom is -0.480 e. The molecular formula is C12H13ClN2O5. The van der Waals surface area contributed by atoms with Crippen molar-refractivity contribution in [2.75, 3.05) is 0 Å². The number of carbonyl (C=O) groups excluding carboxylic acids is 1. The Balaban J connectivity index is 2.95. The largest absolute Gasteiger partial charge is 0.480 e. The molecule has 0 aromatic heterocycles. The molecule has 1 rings (SSSR count). The summed E-state index contributed by atoms with van der Waals surface area (Å²) in [5.74, 6) is -1.84. The van der Waals surface area contributed by atoms with Crippen molar-refractivity contribution in [1.82, 2.24) is 5.32 Å². The Morgan fingerprint density at radius 1 is 1.50 bits per heavy atom. The number of amides is 1. The van der Waals surface area contributed by atoms with E-state index < -0.39 is 28.5 Å². The Bertz CT molecular complexity index is 547. The van der Waals surface area contributed by atoms with Gasteiger partial charge in [-0.15, -0.1) is 0 Å². The Kier molecular flexibility index (Phi) is 5.45. The first kappa shape index (κ1) is 15.9. The molecule has 0 heterocycles. The third kappa shape index (κ3) is 3.92. The number of hydrogen-bond acceptors (Lipinski definition) is 4. The molecule has 1 aromatic carbocycles. The van der Waals surface area contributed by atoms with Crippen molar-refractivity contribution in [3.63, 3.8) is 0 Å². The molecule has 2 N–H and O–H groups in total. The Morgan fingerprint density at radius 3 is 2.65 bits per heavy atom. The van der Waals surface area contributed by atoms with Crippen LogP contribution in [0.5, 0.6) is 0 Å². The van der Waals surface area contributed by atoms with Crippen LogP contribution >= 0.6 is 11.6 Å². The smallest absolute Gasteiger partial charge is 0.326 e. The Morgan fingerprint density at radius 2 is 2.15 bits per heavy atom. The summed E-state index contributed by atoms with van der Waals surface area (Å²) in [6.07, 6.45) is 0.856. The molecule has 0 bridgehead atoms. The molecule has 7 nitrogen and oxygen atoms in total. The molecule has 0 aliphatic heterocycles. The van der Waals surface area contributed by atoms with Crippen LogP contribution in [0.2, 0.25) is 5.02 Å². The fourth-order valence-corrected chi connectivity index (χ4v) is 1.77. The minimum absolute atomic E-state index is 0.0107. The SMILES string of the molecule is CCCC(NC(=O)c1ccc(Cl)c([N+](=O)[O-])c1)C(=O)O. The Hall–Kier alpha value is -2.15. The summed E-state index contributed by atoms with van der Waals surface area (Å²) >= 11 is 5.63. The number of aliphatic carboxylic acids is 1. The first-order valence-electron chi connectivity index (χ1n) is 5.84. The topological polar surface area (TPSA) is 110 Å². The van der Waals surface area contributed by atoms with Gasteiger partial charge in [-0.25, -0.2) is 4.79 Å². The van der Waals surface area contributed by atoms with Gasteiger partial charge in [0.1, 0.15) is 11.1 Å². The number of benzene rings is 1. The summed E-state index contributed by atoms with van der Waals surface area (Å²) in [5, 5.41) is 21.9. The molecule has 20 heavy (non-hydrogen) atoms. The average molecular weight is 301 g/mol. The van der Waals surface area contributed by atoms with Gasteiger partial charge in [0, 0.05) is 11.6 Å². The van der Waals surface area contributed by atoms with Crippen LogP contribution in [0.1, 0.15) is 30.1 Å². The number of nitro groups is 1. The van der Waals surface area contributed by atoms with Crippen LogP contribution < -0.4 is 5.32 Å². The molecule has 0 spiro atoms. The van der Waals surface area contributed by atoms with Gasteiger partial charge in [-0.2, -0.15) is 0 Å². The number of hydrogen-bond donors (Lipinski definition) is 2. The maximum atomic E-state index is 11.9. The second-order valence-electron chi connectivity index (χ2n) is 4.08. The third-order valence-corrected chi connectivity index (χ3v) is 2.91. The van der Waals surface area contributed by atoms with Crippen molar-refractivity contribution in [1.29, 1.82) is 0 Å².